The van der Waals surface area contributed by atoms with E-state index in [4.69, 9.17) is 5.11 Å². The molecule has 0 aromatic heterocycles. The van der Waals surface area contributed by atoms with Crippen LogP contribution in [-0.2, 0) is 4.79 Å². The van der Waals surface area contributed by atoms with Gasteiger partial charge in [-0.25, -0.2) is 0 Å². The minimum absolute atomic E-state index is 0.680. The first kappa shape index (κ1) is 9.56. The highest BCUT2D eigenvalue weighted by atomic mass is 32.2. The van der Waals surface area contributed by atoms with Crippen molar-refractivity contribution in [2.75, 3.05) is 5.75 Å². The van der Waals surface area contributed by atoms with Crippen molar-refractivity contribution in [3.8, 4) is 0 Å². The fraction of sp³-hybridized carbons (Fsp3) is 0.571. The molecule has 1 N–H and O–H groups in total. The van der Waals surface area contributed by atoms with Crippen molar-refractivity contribution in [1.82, 2.24) is 0 Å². The van der Waals surface area contributed by atoms with E-state index in [1.54, 1.807) is 19.9 Å². The zero-order valence-electron chi connectivity index (χ0n) is 6.26. The lowest BCUT2D eigenvalue weighted by Crippen LogP contribution is -2.27. The summed E-state index contributed by atoms with van der Waals surface area (Å²) in [6.07, 6.45) is 1.70. The van der Waals surface area contributed by atoms with Crippen molar-refractivity contribution in [3.05, 3.63) is 12.7 Å². The summed E-state index contributed by atoms with van der Waals surface area (Å²) in [5.41, 5.74) is 0. The fourth-order valence-electron chi connectivity index (χ4n) is 0.329. The molecule has 0 saturated heterocycles. The highest BCUT2D eigenvalue weighted by Crippen LogP contribution is 2.23. The van der Waals surface area contributed by atoms with Crippen LogP contribution >= 0.6 is 11.8 Å². The lowest BCUT2D eigenvalue weighted by Gasteiger charge is -2.16. The van der Waals surface area contributed by atoms with Crippen LogP contribution in [0.1, 0.15) is 13.8 Å². The van der Waals surface area contributed by atoms with Crippen molar-refractivity contribution in [2.45, 2.75) is 18.6 Å². The van der Waals surface area contributed by atoms with Gasteiger partial charge in [-0.15, -0.1) is 18.3 Å². The average molecular weight is 160 g/mol. The van der Waals surface area contributed by atoms with Crippen molar-refractivity contribution in [2.24, 2.45) is 0 Å². The lowest BCUT2D eigenvalue weighted by atomic mass is 10.2. The van der Waals surface area contributed by atoms with Crippen LogP contribution in [0.4, 0.5) is 0 Å². The maximum atomic E-state index is 10.5. The molecule has 0 heterocycles. The van der Waals surface area contributed by atoms with Gasteiger partial charge in [-0.2, -0.15) is 0 Å². The minimum atomic E-state index is -0.778. The standard InChI is InChI=1S/C7H12O2S/c1-4-5-10-7(2,3)6(8)9/h4H,1,5H2,2-3H3,(H,8,9). The Morgan fingerprint density at radius 1 is 1.80 bits per heavy atom. The van der Waals surface area contributed by atoms with Crippen LogP contribution in [0.2, 0.25) is 0 Å². The van der Waals surface area contributed by atoms with Crippen LogP contribution in [0.25, 0.3) is 0 Å². The minimum Gasteiger partial charge on any atom is -0.480 e. The Kier molecular flexibility index (Phi) is 3.50. The van der Waals surface area contributed by atoms with Gasteiger partial charge in [-0.3, -0.25) is 4.79 Å². The molecule has 58 valence electrons. The van der Waals surface area contributed by atoms with E-state index in [9.17, 15) is 4.79 Å². The van der Waals surface area contributed by atoms with E-state index in [0.717, 1.165) is 0 Å². The molecule has 10 heavy (non-hydrogen) atoms. The zero-order valence-corrected chi connectivity index (χ0v) is 7.07. The van der Waals surface area contributed by atoms with Gasteiger partial charge in [0, 0.05) is 5.75 Å². The van der Waals surface area contributed by atoms with E-state index in [0.29, 0.717) is 5.75 Å². The Bertz CT molecular complexity index is 141. The van der Waals surface area contributed by atoms with Crippen LogP contribution in [-0.4, -0.2) is 21.6 Å². The number of carboxylic acids is 1. The second-order valence-electron chi connectivity index (χ2n) is 2.42. The van der Waals surface area contributed by atoms with E-state index in [1.165, 1.54) is 11.8 Å². The Labute approximate surface area is 65.3 Å². The van der Waals surface area contributed by atoms with Gasteiger partial charge in [0.1, 0.15) is 4.75 Å². The Morgan fingerprint density at radius 2 is 2.30 bits per heavy atom. The molecule has 0 bridgehead atoms. The SMILES string of the molecule is C=CCSC(C)(C)C(=O)O. The summed E-state index contributed by atoms with van der Waals surface area (Å²) in [6.45, 7) is 6.88. The average Bonchev–Trinajstić information content (AvgIpc) is 1.84. The van der Waals surface area contributed by atoms with E-state index >= 15 is 0 Å². The molecule has 0 amide bonds. The topological polar surface area (TPSA) is 37.3 Å². The molecule has 0 saturated carbocycles. The number of carboxylic acid groups (broad SMARTS) is 1. The molecular formula is C7H12O2S. The first-order valence-corrected chi connectivity index (χ1v) is 3.97. The first-order valence-electron chi connectivity index (χ1n) is 2.99. The quantitative estimate of drug-likeness (QED) is 0.637. The van der Waals surface area contributed by atoms with Crippen LogP contribution in [0, 0.1) is 0 Å². The highest BCUT2D eigenvalue weighted by molar-refractivity contribution is 8.01. The third kappa shape index (κ3) is 2.92. The third-order valence-electron chi connectivity index (χ3n) is 1.08. The summed E-state index contributed by atoms with van der Waals surface area (Å²) >= 11 is 1.37. The van der Waals surface area contributed by atoms with E-state index < -0.39 is 10.7 Å². The molecule has 0 fully saturated rings. The predicted molar refractivity (Wildman–Crippen MR) is 44.4 cm³/mol. The Morgan fingerprint density at radius 3 is 2.60 bits per heavy atom. The van der Waals surface area contributed by atoms with Gasteiger partial charge in [0.25, 0.3) is 0 Å². The maximum absolute atomic E-state index is 10.5. The summed E-state index contributed by atoms with van der Waals surface area (Å²) in [5.74, 6) is -0.0985. The highest BCUT2D eigenvalue weighted by Gasteiger charge is 2.26. The summed E-state index contributed by atoms with van der Waals surface area (Å²) in [4.78, 5) is 10.5. The van der Waals surface area contributed by atoms with Crippen LogP contribution in [0.5, 0.6) is 0 Å². The molecule has 0 aromatic rings. The molecule has 0 aliphatic rings. The number of thioether (sulfide) groups is 1. The molecule has 2 nitrogen and oxygen atoms in total. The summed E-state index contributed by atoms with van der Waals surface area (Å²) in [5, 5.41) is 8.61. The second kappa shape index (κ2) is 3.66. The fourth-order valence-corrected chi connectivity index (χ4v) is 0.987. The largest absolute Gasteiger partial charge is 0.480 e. The molecule has 0 aromatic carbocycles. The number of rotatable bonds is 4. The normalized spacial score (nSPS) is 11.0. The smallest absolute Gasteiger partial charge is 0.319 e. The molecule has 0 atom stereocenters. The Balaban J connectivity index is 3.86. The Hall–Kier alpha value is -0.440. The third-order valence-corrected chi connectivity index (χ3v) is 2.38. The van der Waals surface area contributed by atoms with Gasteiger partial charge in [0.2, 0.25) is 0 Å². The van der Waals surface area contributed by atoms with E-state index in [2.05, 4.69) is 6.58 Å². The number of hydrogen-bond acceptors (Lipinski definition) is 2. The summed E-state index contributed by atoms with van der Waals surface area (Å²) < 4.78 is -0.686. The van der Waals surface area contributed by atoms with E-state index in [-0.39, 0.29) is 0 Å². The molecule has 0 aliphatic carbocycles. The van der Waals surface area contributed by atoms with Gasteiger partial charge >= 0.3 is 5.97 Å². The van der Waals surface area contributed by atoms with Gasteiger partial charge in [-0.05, 0) is 13.8 Å². The first-order chi connectivity index (χ1) is 4.50. The van der Waals surface area contributed by atoms with Gasteiger partial charge in [0.15, 0.2) is 0 Å². The number of aliphatic carboxylic acids is 1. The molecule has 0 rings (SSSR count). The van der Waals surface area contributed by atoms with Crippen molar-refractivity contribution in [1.29, 1.82) is 0 Å². The van der Waals surface area contributed by atoms with Crippen LogP contribution < -0.4 is 0 Å². The molecule has 0 spiro atoms. The maximum Gasteiger partial charge on any atom is 0.319 e. The number of carbonyl (C=O) groups is 1. The molecule has 0 radical (unpaired) electrons. The zero-order chi connectivity index (χ0) is 8.20. The number of hydrogen-bond donors (Lipinski definition) is 1. The van der Waals surface area contributed by atoms with Crippen molar-refractivity contribution < 1.29 is 9.90 Å². The molecular weight excluding hydrogens is 148 g/mol. The molecule has 3 heteroatoms. The summed E-state index contributed by atoms with van der Waals surface area (Å²) in [7, 11) is 0. The monoisotopic (exact) mass is 160 g/mol. The molecule has 0 aliphatic heterocycles. The van der Waals surface area contributed by atoms with Crippen molar-refractivity contribution in [3.63, 3.8) is 0 Å². The van der Waals surface area contributed by atoms with Gasteiger partial charge in [-0.1, -0.05) is 6.08 Å². The van der Waals surface area contributed by atoms with Gasteiger partial charge in [0.05, 0.1) is 0 Å². The van der Waals surface area contributed by atoms with Crippen molar-refractivity contribution >= 4 is 17.7 Å². The predicted octanol–water partition coefficient (Wildman–Crippen LogP) is 1.77. The van der Waals surface area contributed by atoms with Crippen LogP contribution in [0.15, 0.2) is 12.7 Å². The molecule has 0 unspecified atom stereocenters. The van der Waals surface area contributed by atoms with Gasteiger partial charge < -0.3 is 5.11 Å². The lowest BCUT2D eigenvalue weighted by molar-refractivity contribution is -0.138. The van der Waals surface area contributed by atoms with Crippen LogP contribution in [0.3, 0.4) is 0 Å². The summed E-state index contributed by atoms with van der Waals surface area (Å²) in [6, 6.07) is 0. The van der Waals surface area contributed by atoms with E-state index in [1.807, 2.05) is 0 Å². The second-order valence-corrected chi connectivity index (χ2v) is 4.06.